The number of amides is 1. The topological polar surface area (TPSA) is 37.7 Å². The summed E-state index contributed by atoms with van der Waals surface area (Å²) < 4.78 is 8.63. The molecule has 52 heavy (non-hydrogen) atoms. The third-order valence-corrected chi connectivity index (χ3v) is 10.3. The van der Waals surface area contributed by atoms with Crippen molar-refractivity contribution in [3.05, 3.63) is 204 Å². The van der Waals surface area contributed by atoms with E-state index in [0.717, 1.165) is 47.8 Å². The number of piperazine rings is 1. The summed E-state index contributed by atoms with van der Waals surface area (Å²) >= 11 is 0. The Bertz CT molecular complexity index is 2170. The fraction of sp³-hybridized carbons (Fsp3) is 0.170. The van der Waals surface area contributed by atoms with Crippen molar-refractivity contribution in [2.75, 3.05) is 26.2 Å². The van der Waals surface area contributed by atoms with E-state index in [-0.39, 0.29) is 17.9 Å². The summed E-state index contributed by atoms with van der Waals surface area (Å²) in [7, 11) is 0. The van der Waals surface area contributed by atoms with E-state index in [4.69, 9.17) is 4.74 Å². The minimum absolute atomic E-state index is 0.149. The highest BCUT2D eigenvalue weighted by molar-refractivity contribution is 5.87. The zero-order valence-electron chi connectivity index (χ0n) is 29.3. The van der Waals surface area contributed by atoms with E-state index in [1.54, 1.807) is 0 Å². The number of fused-ring (bicyclic) bond motifs is 1. The van der Waals surface area contributed by atoms with Crippen LogP contribution in [0, 0.1) is 0 Å². The summed E-state index contributed by atoms with van der Waals surface area (Å²) in [5.41, 5.74) is 7.18. The minimum Gasteiger partial charge on any atom is -0.457 e. The average molecular weight is 682 g/mol. The molecule has 0 unspecified atom stereocenters. The highest BCUT2D eigenvalue weighted by Crippen LogP contribution is 2.38. The predicted octanol–water partition coefficient (Wildman–Crippen LogP) is 9.94. The third-order valence-electron chi connectivity index (χ3n) is 10.3. The van der Waals surface area contributed by atoms with Crippen LogP contribution in [0.3, 0.4) is 0 Å². The van der Waals surface area contributed by atoms with Crippen LogP contribution in [0.4, 0.5) is 0 Å². The minimum atomic E-state index is -0.159. The molecule has 1 aromatic heterocycles. The molecule has 7 aromatic rings. The van der Waals surface area contributed by atoms with Gasteiger partial charge < -0.3 is 14.2 Å². The molecule has 0 radical (unpaired) electrons. The number of para-hydroxylation sites is 2. The van der Waals surface area contributed by atoms with E-state index in [1.807, 2.05) is 42.5 Å². The molecule has 258 valence electrons. The SMILES string of the molecule is O=C(C[C@H](c1cccc(Oc2ccccc2)c1)c1cn(Cc2ccccc2)c2ccccc12)N1CCN(C(c2ccccc2)c2ccccc2)CC1. The Kier molecular flexibility index (Phi) is 9.94. The largest absolute Gasteiger partial charge is 0.457 e. The molecule has 1 saturated heterocycles. The summed E-state index contributed by atoms with van der Waals surface area (Å²) in [5.74, 6) is 1.56. The molecule has 1 fully saturated rings. The third kappa shape index (κ3) is 7.41. The predicted molar refractivity (Wildman–Crippen MR) is 210 cm³/mol. The van der Waals surface area contributed by atoms with E-state index >= 15 is 0 Å². The molecular formula is C47H43N3O2. The summed E-state index contributed by atoms with van der Waals surface area (Å²) in [6, 6.07) is 58.9. The van der Waals surface area contributed by atoms with Gasteiger partial charge in [-0.2, -0.15) is 0 Å². The van der Waals surface area contributed by atoms with Crippen LogP contribution in [0.5, 0.6) is 11.5 Å². The molecule has 8 rings (SSSR count). The van der Waals surface area contributed by atoms with E-state index in [1.165, 1.54) is 22.1 Å². The molecule has 0 aliphatic carbocycles. The molecule has 0 saturated carbocycles. The second-order valence-corrected chi connectivity index (χ2v) is 13.6. The van der Waals surface area contributed by atoms with Gasteiger partial charge in [0.05, 0.1) is 6.04 Å². The molecule has 1 aliphatic rings. The maximum atomic E-state index is 14.5. The Balaban J connectivity index is 1.09. The lowest BCUT2D eigenvalue weighted by atomic mass is 9.87. The zero-order chi connectivity index (χ0) is 35.1. The molecule has 0 bridgehead atoms. The molecular weight excluding hydrogens is 639 g/mol. The highest BCUT2D eigenvalue weighted by Gasteiger charge is 2.31. The van der Waals surface area contributed by atoms with E-state index < -0.39 is 0 Å². The molecule has 1 aliphatic heterocycles. The highest BCUT2D eigenvalue weighted by atomic mass is 16.5. The van der Waals surface area contributed by atoms with Crippen molar-refractivity contribution >= 4 is 16.8 Å². The summed E-state index contributed by atoms with van der Waals surface area (Å²) in [5, 5.41) is 1.17. The normalized spacial score (nSPS) is 14.1. The monoisotopic (exact) mass is 681 g/mol. The van der Waals surface area contributed by atoms with Crippen LogP contribution in [0.2, 0.25) is 0 Å². The quantitative estimate of drug-likeness (QED) is 0.136. The van der Waals surface area contributed by atoms with Crippen LogP contribution in [-0.2, 0) is 11.3 Å². The number of rotatable bonds is 11. The molecule has 1 amide bonds. The van der Waals surface area contributed by atoms with Gasteiger partial charge in [-0.1, -0.05) is 140 Å². The molecule has 6 aromatic carbocycles. The van der Waals surface area contributed by atoms with Gasteiger partial charge >= 0.3 is 0 Å². The maximum absolute atomic E-state index is 14.5. The van der Waals surface area contributed by atoms with Crippen molar-refractivity contribution in [3.63, 3.8) is 0 Å². The van der Waals surface area contributed by atoms with Crippen LogP contribution in [-0.4, -0.2) is 46.5 Å². The van der Waals surface area contributed by atoms with Crippen LogP contribution >= 0.6 is 0 Å². The summed E-state index contributed by atoms with van der Waals surface area (Å²) in [6.07, 6.45) is 2.64. The number of aromatic nitrogens is 1. The van der Waals surface area contributed by atoms with Gasteiger partial charge in [0.1, 0.15) is 11.5 Å². The molecule has 5 nitrogen and oxygen atoms in total. The van der Waals surface area contributed by atoms with Crippen LogP contribution in [0.1, 0.15) is 46.2 Å². The Morgan fingerprint density at radius 2 is 1.13 bits per heavy atom. The lowest BCUT2D eigenvalue weighted by molar-refractivity contribution is -0.133. The Morgan fingerprint density at radius 1 is 0.577 bits per heavy atom. The number of nitrogens with zero attached hydrogens (tertiary/aromatic N) is 3. The van der Waals surface area contributed by atoms with Gasteiger partial charge in [-0.15, -0.1) is 0 Å². The second-order valence-electron chi connectivity index (χ2n) is 13.6. The van der Waals surface area contributed by atoms with Crippen molar-refractivity contribution in [3.8, 4) is 11.5 Å². The number of carbonyl (C=O) groups excluding carboxylic acids is 1. The number of carbonyl (C=O) groups is 1. The summed E-state index contributed by atoms with van der Waals surface area (Å²) in [4.78, 5) is 19.0. The number of ether oxygens (including phenoxy) is 1. The van der Waals surface area contributed by atoms with Gasteiger partial charge in [-0.3, -0.25) is 9.69 Å². The fourth-order valence-electron chi connectivity index (χ4n) is 7.71. The molecule has 0 N–H and O–H groups in total. The first kappa shape index (κ1) is 33.2. The van der Waals surface area contributed by atoms with Crippen LogP contribution in [0.25, 0.3) is 10.9 Å². The van der Waals surface area contributed by atoms with Gasteiger partial charge in [0, 0.05) is 62.2 Å². The van der Waals surface area contributed by atoms with Gasteiger partial charge in [-0.05, 0) is 58.1 Å². The maximum Gasteiger partial charge on any atom is 0.223 e. The molecule has 0 spiro atoms. The van der Waals surface area contributed by atoms with E-state index in [2.05, 4.69) is 148 Å². The van der Waals surface area contributed by atoms with Crippen molar-refractivity contribution in [2.45, 2.75) is 24.9 Å². The van der Waals surface area contributed by atoms with Crippen LogP contribution < -0.4 is 4.74 Å². The zero-order valence-corrected chi connectivity index (χ0v) is 29.3. The van der Waals surface area contributed by atoms with Crippen LogP contribution in [0.15, 0.2) is 176 Å². The van der Waals surface area contributed by atoms with Gasteiger partial charge in [0.15, 0.2) is 0 Å². The van der Waals surface area contributed by atoms with Crippen molar-refractivity contribution < 1.29 is 9.53 Å². The number of hydrogen-bond acceptors (Lipinski definition) is 3. The Labute approximate surface area is 306 Å². The van der Waals surface area contributed by atoms with Gasteiger partial charge in [0.25, 0.3) is 0 Å². The second kappa shape index (κ2) is 15.5. The van der Waals surface area contributed by atoms with E-state index in [0.29, 0.717) is 19.5 Å². The first-order valence-corrected chi connectivity index (χ1v) is 18.3. The first-order chi connectivity index (χ1) is 25.7. The van der Waals surface area contributed by atoms with Crippen molar-refractivity contribution in [2.24, 2.45) is 0 Å². The Morgan fingerprint density at radius 3 is 1.81 bits per heavy atom. The smallest absolute Gasteiger partial charge is 0.223 e. The fourth-order valence-corrected chi connectivity index (χ4v) is 7.71. The number of benzene rings is 6. The lowest BCUT2D eigenvalue weighted by Crippen LogP contribution is -2.50. The number of hydrogen-bond donors (Lipinski definition) is 0. The van der Waals surface area contributed by atoms with Gasteiger partial charge in [0.2, 0.25) is 5.91 Å². The van der Waals surface area contributed by atoms with Gasteiger partial charge in [-0.25, -0.2) is 0 Å². The summed E-state index contributed by atoms with van der Waals surface area (Å²) in [6.45, 7) is 3.75. The van der Waals surface area contributed by atoms with Crippen molar-refractivity contribution in [1.29, 1.82) is 0 Å². The first-order valence-electron chi connectivity index (χ1n) is 18.3. The molecule has 5 heteroatoms. The van der Waals surface area contributed by atoms with Crippen molar-refractivity contribution in [1.82, 2.24) is 14.4 Å². The Hall–Kier alpha value is -5.91. The molecule has 1 atom stereocenters. The van der Waals surface area contributed by atoms with E-state index in [9.17, 15) is 4.79 Å². The average Bonchev–Trinajstić information content (AvgIpc) is 3.56. The standard InChI is InChI=1S/C47H43N3O2/c51-46(48-28-30-49(31-29-48)47(37-18-7-2-8-19-37)38-20-9-3-10-21-38)33-43(39-22-15-25-41(32-39)52-40-23-11-4-12-24-40)44-35-50(34-36-16-5-1-6-17-36)45-27-14-13-26-42(44)45/h1-27,32,35,43,47H,28-31,33-34H2/t43-/m1/s1. The molecule has 2 heterocycles. The lowest BCUT2D eigenvalue weighted by Gasteiger charge is -2.40.